The number of hydrogen-bond donors (Lipinski definition) is 2. The second-order valence-corrected chi connectivity index (χ2v) is 6.04. The molecule has 1 fully saturated rings. The molecule has 0 bridgehead atoms. The van der Waals surface area contributed by atoms with Gasteiger partial charge >= 0.3 is 0 Å². The normalized spacial score (nSPS) is 16.1. The molecule has 1 heterocycles. The summed E-state index contributed by atoms with van der Waals surface area (Å²) < 4.78 is 10.6. The van der Waals surface area contributed by atoms with Gasteiger partial charge in [0.2, 0.25) is 0 Å². The number of likely N-dealkylation sites (tertiary alicyclic amines) is 1. The lowest BCUT2D eigenvalue weighted by Crippen LogP contribution is -2.42. The van der Waals surface area contributed by atoms with Crippen LogP contribution in [0, 0.1) is 0 Å². The van der Waals surface area contributed by atoms with E-state index in [0.29, 0.717) is 18.3 Å². The molecule has 0 aliphatic carbocycles. The highest BCUT2D eigenvalue weighted by molar-refractivity contribution is 7.80. The Kier molecular flexibility index (Phi) is 7.58. The first-order valence-corrected chi connectivity index (χ1v) is 8.54. The fraction of sp³-hybridized carbons (Fsp3) is 0.588. The molecule has 0 amide bonds. The van der Waals surface area contributed by atoms with Crippen molar-refractivity contribution in [2.24, 2.45) is 0 Å². The highest BCUT2D eigenvalue weighted by atomic mass is 32.1. The Hall–Kier alpha value is -1.37. The van der Waals surface area contributed by atoms with Crippen LogP contribution in [0.4, 0.5) is 0 Å². The van der Waals surface area contributed by atoms with Crippen molar-refractivity contribution in [1.82, 2.24) is 15.5 Å². The minimum atomic E-state index is 0.260. The van der Waals surface area contributed by atoms with Crippen LogP contribution < -0.4 is 15.4 Å². The van der Waals surface area contributed by atoms with Gasteiger partial charge in [-0.25, -0.2) is 0 Å². The van der Waals surface area contributed by atoms with Gasteiger partial charge < -0.3 is 20.1 Å². The third kappa shape index (κ3) is 5.34. The summed E-state index contributed by atoms with van der Waals surface area (Å²) in [4.78, 5) is 2.50. The Labute approximate surface area is 144 Å². The molecule has 6 heteroatoms. The minimum absolute atomic E-state index is 0.260. The van der Waals surface area contributed by atoms with Gasteiger partial charge in [0.1, 0.15) is 5.75 Å². The Morgan fingerprint density at radius 2 is 1.96 bits per heavy atom. The van der Waals surface area contributed by atoms with E-state index in [9.17, 15) is 0 Å². The van der Waals surface area contributed by atoms with E-state index < -0.39 is 0 Å². The number of ether oxygens (including phenoxy) is 2. The number of nitrogens with one attached hydrogen (secondary N) is 2. The lowest BCUT2D eigenvalue weighted by molar-refractivity contribution is 0.203. The minimum Gasteiger partial charge on any atom is -0.496 e. The van der Waals surface area contributed by atoms with Crippen LogP contribution in [0.15, 0.2) is 24.3 Å². The van der Waals surface area contributed by atoms with Crippen molar-refractivity contribution in [3.8, 4) is 5.75 Å². The molecule has 0 unspecified atom stereocenters. The number of nitrogens with zero attached hydrogens (tertiary/aromatic N) is 1. The molecule has 2 rings (SSSR count). The molecule has 0 aromatic heterocycles. The zero-order chi connectivity index (χ0) is 16.5. The van der Waals surface area contributed by atoms with Gasteiger partial charge in [0, 0.05) is 25.8 Å². The summed E-state index contributed by atoms with van der Waals surface area (Å²) in [6.45, 7) is 4.36. The van der Waals surface area contributed by atoms with Gasteiger partial charge in [0.25, 0.3) is 0 Å². The van der Waals surface area contributed by atoms with Crippen LogP contribution in [0.5, 0.6) is 5.75 Å². The van der Waals surface area contributed by atoms with Gasteiger partial charge in [0.05, 0.1) is 19.8 Å². The molecule has 23 heavy (non-hydrogen) atoms. The molecule has 0 saturated carbocycles. The molecular formula is C17H27N3O2S. The Morgan fingerprint density at radius 1 is 1.22 bits per heavy atom. The maximum Gasteiger partial charge on any atom is 0.166 e. The fourth-order valence-corrected chi connectivity index (χ4v) is 3.13. The first-order chi connectivity index (χ1) is 11.3. The van der Waals surface area contributed by atoms with Crippen molar-refractivity contribution in [3.05, 3.63) is 29.8 Å². The third-order valence-corrected chi connectivity index (χ3v) is 4.42. The average molecular weight is 337 g/mol. The monoisotopic (exact) mass is 337 g/mol. The van der Waals surface area contributed by atoms with Crippen LogP contribution in [-0.4, -0.2) is 57.0 Å². The lowest BCUT2D eigenvalue weighted by atomic mass is 10.0. The number of para-hydroxylation sites is 1. The van der Waals surface area contributed by atoms with E-state index in [1.54, 1.807) is 14.2 Å². The van der Waals surface area contributed by atoms with E-state index in [2.05, 4.69) is 27.7 Å². The number of rotatable bonds is 8. The summed E-state index contributed by atoms with van der Waals surface area (Å²) in [5.74, 6) is 0.935. The van der Waals surface area contributed by atoms with Crippen LogP contribution in [0.3, 0.4) is 0 Å². The maximum absolute atomic E-state index is 5.55. The van der Waals surface area contributed by atoms with Crippen LogP contribution in [-0.2, 0) is 4.74 Å². The number of methoxy groups -OCH3 is 2. The van der Waals surface area contributed by atoms with Crippen LogP contribution in [0.25, 0.3) is 0 Å². The smallest absolute Gasteiger partial charge is 0.166 e. The molecule has 1 aromatic carbocycles. The van der Waals surface area contributed by atoms with Crippen molar-refractivity contribution >= 4 is 17.3 Å². The first-order valence-electron chi connectivity index (χ1n) is 8.14. The molecule has 5 nitrogen and oxygen atoms in total. The van der Waals surface area contributed by atoms with Gasteiger partial charge in [-0.2, -0.15) is 0 Å². The number of benzene rings is 1. The predicted octanol–water partition coefficient (Wildman–Crippen LogP) is 1.94. The Bertz CT molecular complexity index is 492. The van der Waals surface area contributed by atoms with Crippen LogP contribution >= 0.6 is 12.2 Å². The zero-order valence-electron chi connectivity index (χ0n) is 14.0. The fourth-order valence-electron chi connectivity index (χ4n) is 2.95. The maximum atomic E-state index is 5.55. The predicted molar refractivity (Wildman–Crippen MR) is 97.0 cm³/mol. The van der Waals surface area contributed by atoms with E-state index in [1.165, 1.54) is 18.4 Å². The molecule has 2 N–H and O–H groups in total. The third-order valence-electron chi connectivity index (χ3n) is 4.13. The van der Waals surface area contributed by atoms with Crippen LogP contribution in [0.1, 0.15) is 24.4 Å². The van der Waals surface area contributed by atoms with Crippen molar-refractivity contribution in [2.45, 2.75) is 18.9 Å². The second kappa shape index (κ2) is 9.70. The van der Waals surface area contributed by atoms with Crippen molar-refractivity contribution in [2.75, 3.05) is 47.0 Å². The number of thiocarbonyl (C=S) groups is 1. The summed E-state index contributed by atoms with van der Waals surface area (Å²) in [6.07, 6.45) is 2.50. The van der Waals surface area contributed by atoms with Crippen LogP contribution in [0.2, 0.25) is 0 Å². The molecular weight excluding hydrogens is 310 g/mol. The molecule has 1 aliphatic rings. The van der Waals surface area contributed by atoms with Gasteiger partial charge in [-0.05, 0) is 44.2 Å². The Balaban J connectivity index is 2.01. The SMILES string of the molecule is COCCNC(=S)NC[C@H](c1ccccc1OC)N1CCCC1. The van der Waals surface area contributed by atoms with E-state index in [-0.39, 0.29) is 6.04 Å². The second-order valence-electron chi connectivity index (χ2n) is 5.63. The van der Waals surface area contributed by atoms with Gasteiger partial charge in [-0.1, -0.05) is 18.2 Å². The van der Waals surface area contributed by atoms with E-state index in [4.69, 9.17) is 21.7 Å². The highest BCUT2D eigenvalue weighted by Crippen LogP contribution is 2.31. The van der Waals surface area contributed by atoms with Gasteiger partial charge in [0.15, 0.2) is 5.11 Å². The van der Waals surface area contributed by atoms with Gasteiger partial charge in [-0.3, -0.25) is 4.90 Å². The first kappa shape index (κ1) is 18.0. The molecule has 128 valence electrons. The van der Waals surface area contributed by atoms with Crippen molar-refractivity contribution in [1.29, 1.82) is 0 Å². The molecule has 0 spiro atoms. The van der Waals surface area contributed by atoms with E-state index >= 15 is 0 Å². The summed E-state index contributed by atoms with van der Waals surface area (Å²) in [6, 6.07) is 8.50. The molecule has 1 aromatic rings. The summed E-state index contributed by atoms with van der Waals surface area (Å²) >= 11 is 5.34. The topological polar surface area (TPSA) is 45.8 Å². The van der Waals surface area contributed by atoms with E-state index in [1.807, 2.05) is 12.1 Å². The summed E-state index contributed by atoms with van der Waals surface area (Å²) in [5, 5.41) is 7.16. The van der Waals surface area contributed by atoms with Crippen molar-refractivity contribution < 1.29 is 9.47 Å². The lowest BCUT2D eigenvalue weighted by Gasteiger charge is -2.29. The van der Waals surface area contributed by atoms with Crippen molar-refractivity contribution in [3.63, 3.8) is 0 Å². The van der Waals surface area contributed by atoms with Gasteiger partial charge in [-0.15, -0.1) is 0 Å². The summed E-state index contributed by atoms with van der Waals surface area (Å²) in [7, 11) is 3.41. The highest BCUT2D eigenvalue weighted by Gasteiger charge is 2.25. The quantitative estimate of drug-likeness (QED) is 0.558. The Morgan fingerprint density at radius 3 is 2.65 bits per heavy atom. The average Bonchev–Trinajstić information content (AvgIpc) is 3.10. The molecule has 1 atom stereocenters. The molecule has 1 aliphatic heterocycles. The molecule has 1 saturated heterocycles. The standard InChI is InChI=1S/C17H27N3O2S/c1-21-12-9-18-17(23)19-13-15(20-10-5-6-11-20)14-7-3-4-8-16(14)22-2/h3-4,7-8,15H,5-6,9-13H2,1-2H3,(H2,18,19,23)/t15-/m1/s1. The largest absolute Gasteiger partial charge is 0.496 e. The zero-order valence-corrected chi connectivity index (χ0v) is 14.8. The number of hydrogen-bond acceptors (Lipinski definition) is 4. The summed E-state index contributed by atoms with van der Waals surface area (Å²) in [5.41, 5.74) is 1.21. The van der Waals surface area contributed by atoms with E-state index in [0.717, 1.165) is 25.4 Å². The molecule has 0 radical (unpaired) electrons.